The van der Waals surface area contributed by atoms with Crippen LogP contribution in [0.2, 0.25) is 0 Å². The van der Waals surface area contributed by atoms with Crippen LogP contribution in [0.5, 0.6) is 5.75 Å². The number of rotatable bonds is 5. The summed E-state index contributed by atoms with van der Waals surface area (Å²) in [5.74, 6) is -2.58. The number of fused-ring (bicyclic) bond motifs is 1. The molecule has 1 aromatic carbocycles. The number of alkyl halides is 1. The number of hydrogen-bond donors (Lipinski definition) is 3. The van der Waals surface area contributed by atoms with E-state index >= 15 is 0 Å². The molecule has 0 aliphatic carbocycles. The smallest absolute Gasteiger partial charge is 0.273 e. The highest BCUT2D eigenvalue weighted by atomic mass is 19.1. The fourth-order valence-electron chi connectivity index (χ4n) is 4.87. The molecule has 3 aliphatic heterocycles. The summed E-state index contributed by atoms with van der Waals surface area (Å²) in [6, 6.07) is -0.0343. The highest BCUT2D eigenvalue weighted by Gasteiger charge is 2.42. The Kier molecular flexibility index (Phi) is 6.53. The molecule has 2 fully saturated rings. The third-order valence-electron chi connectivity index (χ3n) is 6.58. The van der Waals surface area contributed by atoms with Gasteiger partial charge in [-0.05, 0) is 6.07 Å². The number of hydrogen-bond acceptors (Lipinski definition) is 9. The number of aliphatic imine (C=N–C) groups is 1. The average molecular weight is 507 g/mol. The fraction of sp³-hybridized carbons (Fsp3) is 0.478. The van der Waals surface area contributed by atoms with Crippen LogP contribution in [-0.2, 0) is 16.1 Å². The van der Waals surface area contributed by atoms with Gasteiger partial charge in [-0.2, -0.15) is 0 Å². The van der Waals surface area contributed by atoms with Gasteiger partial charge >= 0.3 is 0 Å². The molecule has 1 aromatic heterocycles. The summed E-state index contributed by atoms with van der Waals surface area (Å²) < 4.78 is 53.4. The molecule has 3 N–H and O–H groups in total. The number of carbonyl (C=O) groups excluding carboxylic acids is 1. The van der Waals surface area contributed by atoms with E-state index in [2.05, 4.69) is 20.3 Å². The molecule has 1 amide bonds. The van der Waals surface area contributed by atoms with Crippen LogP contribution in [0.15, 0.2) is 23.5 Å². The van der Waals surface area contributed by atoms with Crippen molar-refractivity contribution >= 4 is 17.4 Å². The quantitative estimate of drug-likeness (QED) is 0.545. The molecule has 192 valence electrons. The summed E-state index contributed by atoms with van der Waals surface area (Å²) in [5.41, 5.74) is 0.675. The first kappa shape index (κ1) is 24.4. The van der Waals surface area contributed by atoms with Gasteiger partial charge in [-0.15, -0.1) is 0 Å². The summed E-state index contributed by atoms with van der Waals surface area (Å²) in [6.07, 6.45) is -2.59. The highest BCUT2D eigenvalue weighted by Crippen LogP contribution is 2.41. The van der Waals surface area contributed by atoms with E-state index in [1.807, 2.05) is 0 Å². The molecule has 3 aliphatic rings. The second kappa shape index (κ2) is 9.64. The lowest BCUT2D eigenvalue weighted by molar-refractivity contribution is -0.125. The maximum Gasteiger partial charge on any atom is 0.273 e. The summed E-state index contributed by atoms with van der Waals surface area (Å²) in [7, 11) is 1.21. The third kappa shape index (κ3) is 4.27. The van der Waals surface area contributed by atoms with Crippen LogP contribution in [0, 0.1) is 11.6 Å². The van der Waals surface area contributed by atoms with Crippen LogP contribution in [0.1, 0.15) is 29.3 Å². The number of nitrogens with one attached hydrogen (secondary N) is 1. The Morgan fingerprint density at radius 2 is 2.06 bits per heavy atom. The summed E-state index contributed by atoms with van der Waals surface area (Å²) >= 11 is 0. The summed E-state index contributed by atoms with van der Waals surface area (Å²) in [6.45, 7) is -0.177. The van der Waals surface area contributed by atoms with Gasteiger partial charge in [0.2, 0.25) is 0 Å². The lowest BCUT2D eigenvalue weighted by Crippen LogP contribution is -2.51. The van der Waals surface area contributed by atoms with E-state index in [0.29, 0.717) is 11.8 Å². The number of carbonyl (C=O) groups is 1. The topological polar surface area (TPSA) is 129 Å². The van der Waals surface area contributed by atoms with Crippen LogP contribution in [0.3, 0.4) is 0 Å². The number of methoxy groups -OCH3 is 1. The van der Waals surface area contributed by atoms with Crippen LogP contribution in [0.25, 0.3) is 0 Å². The molecule has 2 aromatic rings. The Morgan fingerprint density at radius 3 is 2.83 bits per heavy atom. The zero-order chi connectivity index (χ0) is 25.6. The standard InChI is InChI=1S/C23H24F3N5O5/c1-35-21-12(2-10(24)3-13(21)26)16-4-11(25)6-31(16)23(34)19-18-14(5-27-19)28-9-29-22(18)30-15-7-36-8-17(32)20(15)33/h2-3,9,11,15-17,20,32-33H,4-8H2,1H3,(H,28,29,30)/t11-,15+,16+,17+,20-/m0/s1. The molecule has 0 unspecified atom stereocenters. The molecular formula is C23H24F3N5O5. The molecule has 5 atom stereocenters. The highest BCUT2D eigenvalue weighted by molar-refractivity contribution is 6.47. The molecule has 36 heavy (non-hydrogen) atoms. The van der Waals surface area contributed by atoms with Crippen molar-refractivity contribution in [2.24, 2.45) is 4.99 Å². The van der Waals surface area contributed by atoms with Gasteiger partial charge in [0.1, 0.15) is 42.1 Å². The molecule has 10 nitrogen and oxygen atoms in total. The van der Waals surface area contributed by atoms with Crippen molar-refractivity contribution < 1.29 is 37.7 Å². The van der Waals surface area contributed by atoms with Crippen molar-refractivity contribution in [1.29, 1.82) is 0 Å². The van der Waals surface area contributed by atoms with E-state index in [-0.39, 0.29) is 61.1 Å². The number of ether oxygens (including phenoxy) is 2. The molecule has 0 spiro atoms. The van der Waals surface area contributed by atoms with Crippen LogP contribution < -0.4 is 10.1 Å². The number of halogens is 3. The van der Waals surface area contributed by atoms with Gasteiger partial charge < -0.3 is 29.9 Å². The number of anilines is 1. The fourth-order valence-corrected chi connectivity index (χ4v) is 4.87. The van der Waals surface area contributed by atoms with E-state index in [4.69, 9.17) is 9.47 Å². The van der Waals surface area contributed by atoms with Crippen molar-refractivity contribution in [2.75, 3.05) is 32.2 Å². The van der Waals surface area contributed by atoms with Gasteiger partial charge in [-0.1, -0.05) is 0 Å². The zero-order valence-corrected chi connectivity index (χ0v) is 19.2. The van der Waals surface area contributed by atoms with Crippen molar-refractivity contribution in [3.8, 4) is 5.75 Å². The number of aliphatic hydroxyl groups is 2. The molecule has 2 saturated heterocycles. The van der Waals surface area contributed by atoms with Crippen molar-refractivity contribution in [2.45, 2.75) is 43.4 Å². The van der Waals surface area contributed by atoms with Crippen LogP contribution in [0.4, 0.5) is 19.0 Å². The third-order valence-corrected chi connectivity index (χ3v) is 6.58. The normalized spacial score (nSPS) is 27.6. The predicted octanol–water partition coefficient (Wildman–Crippen LogP) is 0.910. The molecule has 0 saturated carbocycles. The Labute approximate surface area is 203 Å². The second-order valence-electron chi connectivity index (χ2n) is 8.87. The largest absolute Gasteiger partial charge is 0.493 e. The van der Waals surface area contributed by atoms with Crippen LogP contribution >= 0.6 is 0 Å². The molecule has 5 rings (SSSR count). The lowest BCUT2D eigenvalue weighted by Gasteiger charge is -2.33. The predicted molar refractivity (Wildman–Crippen MR) is 119 cm³/mol. The Morgan fingerprint density at radius 1 is 1.25 bits per heavy atom. The van der Waals surface area contributed by atoms with E-state index in [1.165, 1.54) is 18.3 Å². The number of amides is 1. The van der Waals surface area contributed by atoms with Gasteiger partial charge in [0.25, 0.3) is 5.91 Å². The van der Waals surface area contributed by atoms with Gasteiger partial charge in [-0.25, -0.2) is 23.1 Å². The van der Waals surface area contributed by atoms with Crippen LogP contribution in [-0.4, -0.2) is 88.0 Å². The first-order valence-corrected chi connectivity index (χ1v) is 11.4. The SMILES string of the molecule is COc1c(F)cc(F)cc1[C@H]1C[C@H](F)CN1C(=O)C1=NCc2ncnc(N[C@@H]3COC[C@@H](O)[C@H]3O)c21. The lowest BCUT2D eigenvalue weighted by atomic mass is 10.0. The molecular weight excluding hydrogens is 483 g/mol. The van der Waals surface area contributed by atoms with Crippen molar-refractivity contribution in [3.05, 3.63) is 46.9 Å². The first-order chi connectivity index (χ1) is 17.3. The van der Waals surface area contributed by atoms with Gasteiger partial charge in [-0.3, -0.25) is 9.79 Å². The monoisotopic (exact) mass is 507 g/mol. The maximum absolute atomic E-state index is 14.6. The van der Waals surface area contributed by atoms with Crippen molar-refractivity contribution in [1.82, 2.24) is 14.9 Å². The van der Waals surface area contributed by atoms with E-state index in [9.17, 15) is 28.2 Å². The van der Waals surface area contributed by atoms with E-state index < -0.39 is 48.0 Å². The molecule has 13 heteroatoms. The van der Waals surface area contributed by atoms with Gasteiger partial charge in [0, 0.05) is 18.1 Å². The number of benzene rings is 1. The van der Waals surface area contributed by atoms with Crippen molar-refractivity contribution in [3.63, 3.8) is 0 Å². The summed E-state index contributed by atoms with van der Waals surface area (Å²) in [4.78, 5) is 27.5. The second-order valence-corrected chi connectivity index (χ2v) is 8.87. The Balaban J connectivity index is 1.47. The number of aliphatic hydroxyl groups excluding tert-OH is 2. The maximum atomic E-state index is 14.6. The minimum atomic E-state index is -1.43. The minimum absolute atomic E-state index is 0.0152. The molecule has 0 bridgehead atoms. The Hall–Kier alpha value is -3.29. The number of likely N-dealkylation sites (tertiary alicyclic amines) is 1. The van der Waals surface area contributed by atoms with Gasteiger partial charge in [0.05, 0.1) is 56.8 Å². The number of nitrogens with zero attached hydrogens (tertiary/aromatic N) is 4. The molecule has 4 heterocycles. The summed E-state index contributed by atoms with van der Waals surface area (Å²) in [5, 5.41) is 23.2. The Bertz CT molecular complexity index is 1210. The zero-order valence-electron chi connectivity index (χ0n) is 19.2. The average Bonchev–Trinajstić information content (AvgIpc) is 3.45. The first-order valence-electron chi connectivity index (χ1n) is 11.4. The minimum Gasteiger partial charge on any atom is -0.493 e. The van der Waals surface area contributed by atoms with E-state index in [1.54, 1.807) is 0 Å². The van der Waals surface area contributed by atoms with Gasteiger partial charge in [0.15, 0.2) is 11.6 Å². The van der Waals surface area contributed by atoms with E-state index in [0.717, 1.165) is 6.07 Å². The number of aromatic nitrogens is 2. The molecule has 0 radical (unpaired) electrons.